The van der Waals surface area contributed by atoms with Crippen LogP contribution in [0.1, 0.15) is 47.3 Å². The maximum Gasteiger partial charge on any atom is 0.252 e. The molecule has 2 fully saturated rings. The van der Waals surface area contributed by atoms with Crippen molar-refractivity contribution in [2.75, 3.05) is 18.4 Å². The highest BCUT2D eigenvalue weighted by molar-refractivity contribution is 7.91. The lowest BCUT2D eigenvalue weighted by atomic mass is 10.2. The number of hydrogen-bond donors (Lipinski definition) is 2. The second-order valence-electron chi connectivity index (χ2n) is 7.74. The third-order valence-electron chi connectivity index (χ3n) is 5.20. The molecule has 1 aromatic heterocycles. The number of carbonyl (C=O) groups excluding carboxylic acids is 2. The molecule has 2 aromatic rings. The molecule has 2 aliphatic rings. The van der Waals surface area contributed by atoms with Crippen LogP contribution in [-0.4, -0.2) is 43.7 Å². The fourth-order valence-electron chi connectivity index (χ4n) is 3.42. The Bertz CT molecular complexity index is 1040. The van der Waals surface area contributed by atoms with E-state index in [2.05, 4.69) is 10.6 Å². The van der Waals surface area contributed by atoms with E-state index in [-0.39, 0.29) is 28.5 Å². The Morgan fingerprint density at radius 3 is 2.57 bits per heavy atom. The molecule has 30 heavy (non-hydrogen) atoms. The largest absolute Gasteiger partial charge is 0.349 e. The van der Waals surface area contributed by atoms with Gasteiger partial charge in [-0.05, 0) is 56.0 Å². The van der Waals surface area contributed by atoms with Crippen LogP contribution in [0.2, 0.25) is 0 Å². The number of nitrogens with zero attached hydrogens (tertiary/aromatic N) is 1. The zero-order chi connectivity index (χ0) is 21.1. The first-order valence-corrected chi connectivity index (χ1v) is 12.5. The molecule has 0 atom stereocenters. The number of hydrogen-bond acceptors (Lipinski definition) is 5. The molecule has 1 aliphatic heterocycles. The zero-order valence-corrected chi connectivity index (χ0v) is 18.2. The number of piperidine rings is 1. The minimum atomic E-state index is -3.48. The fourth-order valence-corrected chi connectivity index (χ4v) is 6.45. The van der Waals surface area contributed by atoms with Crippen molar-refractivity contribution in [1.29, 1.82) is 0 Å². The third-order valence-corrected chi connectivity index (χ3v) is 8.65. The Balaban J connectivity index is 1.37. The summed E-state index contributed by atoms with van der Waals surface area (Å²) in [6.45, 7) is 1.11. The Morgan fingerprint density at radius 2 is 1.83 bits per heavy atom. The molecule has 7 nitrogen and oxygen atoms in total. The first kappa shape index (κ1) is 21.0. The van der Waals surface area contributed by atoms with Gasteiger partial charge < -0.3 is 10.6 Å². The van der Waals surface area contributed by atoms with Crippen molar-refractivity contribution in [2.45, 2.75) is 48.8 Å². The average molecular weight is 448 g/mol. The number of rotatable bonds is 7. The van der Waals surface area contributed by atoms with Gasteiger partial charge in [-0.15, -0.1) is 11.3 Å². The maximum absolute atomic E-state index is 12.8. The number of sulfonamides is 1. The number of nitrogens with one attached hydrogen (secondary N) is 2. The summed E-state index contributed by atoms with van der Waals surface area (Å²) >= 11 is 1.14. The monoisotopic (exact) mass is 447 g/mol. The molecule has 1 aromatic carbocycles. The van der Waals surface area contributed by atoms with E-state index in [9.17, 15) is 18.0 Å². The van der Waals surface area contributed by atoms with Crippen LogP contribution in [0.25, 0.3) is 0 Å². The van der Waals surface area contributed by atoms with E-state index in [0.29, 0.717) is 29.2 Å². The van der Waals surface area contributed by atoms with E-state index in [1.807, 2.05) is 0 Å². The number of benzene rings is 1. The molecule has 4 rings (SSSR count). The van der Waals surface area contributed by atoms with Gasteiger partial charge in [-0.3, -0.25) is 9.59 Å². The molecule has 0 bridgehead atoms. The van der Waals surface area contributed by atoms with Crippen molar-refractivity contribution in [3.05, 3.63) is 46.8 Å². The van der Waals surface area contributed by atoms with E-state index in [1.165, 1.54) is 4.31 Å². The smallest absolute Gasteiger partial charge is 0.252 e. The summed E-state index contributed by atoms with van der Waals surface area (Å²) in [5.41, 5.74) is 1.05. The van der Waals surface area contributed by atoms with E-state index in [0.717, 1.165) is 43.4 Å². The van der Waals surface area contributed by atoms with Gasteiger partial charge in [0.2, 0.25) is 5.91 Å². The summed E-state index contributed by atoms with van der Waals surface area (Å²) in [4.78, 5) is 25.3. The molecule has 1 aliphatic carbocycles. The molecule has 2 heterocycles. The van der Waals surface area contributed by atoms with Gasteiger partial charge in [-0.1, -0.05) is 12.5 Å². The lowest BCUT2D eigenvalue weighted by Gasteiger charge is -2.25. The van der Waals surface area contributed by atoms with Crippen molar-refractivity contribution in [2.24, 2.45) is 0 Å². The van der Waals surface area contributed by atoms with Gasteiger partial charge in [0.05, 0.1) is 6.42 Å². The second-order valence-corrected chi connectivity index (χ2v) is 11.1. The molecule has 0 unspecified atom stereocenters. The predicted molar refractivity (Wildman–Crippen MR) is 116 cm³/mol. The second kappa shape index (κ2) is 8.87. The van der Waals surface area contributed by atoms with E-state index < -0.39 is 10.0 Å². The highest BCUT2D eigenvalue weighted by Gasteiger charge is 2.27. The molecule has 0 radical (unpaired) electrons. The number of carbonyl (C=O) groups is 2. The lowest BCUT2D eigenvalue weighted by Crippen LogP contribution is -2.35. The summed E-state index contributed by atoms with van der Waals surface area (Å²) < 4.78 is 27.3. The zero-order valence-electron chi connectivity index (χ0n) is 16.6. The van der Waals surface area contributed by atoms with Gasteiger partial charge in [0, 0.05) is 35.3 Å². The van der Waals surface area contributed by atoms with Crippen LogP contribution in [0.3, 0.4) is 0 Å². The highest BCUT2D eigenvalue weighted by atomic mass is 32.2. The van der Waals surface area contributed by atoms with Crippen LogP contribution in [0.5, 0.6) is 0 Å². The van der Waals surface area contributed by atoms with Crippen LogP contribution in [0.15, 0.2) is 40.6 Å². The number of anilines is 1. The van der Waals surface area contributed by atoms with Gasteiger partial charge in [-0.2, -0.15) is 4.31 Å². The topological polar surface area (TPSA) is 95.6 Å². The van der Waals surface area contributed by atoms with E-state index in [4.69, 9.17) is 0 Å². The number of thiophene rings is 1. The quantitative estimate of drug-likeness (QED) is 0.682. The van der Waals surface area contributed by atoms with Crippen LogP contribution in [0.4, 0.5) is 5.69 Å². The van der Waals surface area contributed by atoms with Gasteiger partial charge in [0.25, 0.3) is 15.9 Å². The Kier molecular flexibility index (Phi) is 6.21. The standard InChI is InChI=1S/C21H25N3O4S2/c25-19(22-17-6-4-5-15(13-17)21(26)23-16-7-8-16)14-18-9-10-20(29-18)30(27,28)24-11-2-1-3-12-24/h4-6,9-10,13,16H,1-3,7-8,11-12,14H2,(H,22,25)(H,23,26). The van der Waals surface area contributed by atoms with Crippen molar-refractivity contribution in [1.82, 2.24) is 9.62 Å². The molecule has 2 amide bonds. The minimum Gasteiger partial charge on any atom is -0.349 e. The Hall–Kier alpha value is -2.23. The normalized spacial score (nSPS) is 17.5. The summed E-state index contributed by atoms with van der Waals surface area (Å²) in [5, 5.41) is 5.72. The van der Waals surface area contributed by atoms with Crippen molar-refractivity contribution in [3.8, 4) is 0 Å². The third kappa shape index (κ3) is 5.08. The predicted octanol–water partition coefficient (Wildman–Crippen LogP) is 3.00. The van der Waals surface area contributed by atoms with Gasteiger partial charge in [0.15, 0.2) is 0 Å². The van der Waals surface area contributed by atoms with Crippen molar-refractivity contribution < 1.29 is 18.0 Å². The van der Waals surface area contributed by atoms with Crippen molar-refractivity contribution >= 4 is 38.9 Å². The fraction of sp³-hybridized carbons (Fsp3) is 0.429. The summed E-state index contributed by atoms with van der Waals surface area (Å²) in [5.74, 6) is -0.391. The molecule has 0 spiro atoms. The maximum atomic E-state index is 12.8. The summed E-state index contributed by atoms with van der Waals surface area (Å²) in [7, 11) is -3.48. The molecule has 1 saturated carbocycles. The van der Waals surface area contributed by atoms with Crippen LogP contribution in [0, 0.1) is 0 Å². The van der Waals surface area contributed by atoms with Gasteiger partial charge in [0.1, 0.15) is 4.21 Å². The number of amides is 2. The van der Waals surface area contributed by atoms with Gasteiger partial charge in [-0.25, -0.2) is 8.42 Å². The van der Waals surface area contributed by atoms with Crippen LogP contribution in [-0.2, 0) is 21.2 Å². The summed E-state index contributed by atoms with van der Waals surface area (Å²) in [6, 6.07) is 10.4. The molecule has 160 valence electrons. The van der Waals surface area contributed by atoms with Crippen molar-refractivity contribution in [3.63, 3.8) is 0 Å². The lowest BCUT2D eigenvalue weighted by molar-refractivity contribution is -0.115. The minimum absolute atomic E-state index is 0.0820. The SMILES string of the molecule is O=C(Cc1ccc(S(=O)(=O)N2CCCCC2)s1)Nc1cccc(C(=O)NC2CC2)c1. The summed E-state index contributed by atoms with van der Waals surface area (Å²) in [6.07, 6.45) is 4.94. The van der Waals surface area contributed by atoms with Crippen LogP contribution < -0.4 is 10.6 Å². The molecule has 2 N–H and O–H groups in total. The Morgan fingerprint density at radius 1 is 1.07 bits per heavy atom. The van der Waals surface area contributed by atoms with Crippen LogP contribution >= 0.6 is 11.3 Å². The van der Waals surface area contributed by atoms with Gasteiger partial charge >= 0.3 is 0 Å². The highest BCUT2D eigenvalue weighted by Crippen LogP contribution is 2.27. The van der Waals surface area contributed by atoms with E-state index in [1.54, 1.807) is 36.4 Å². The first-order valence-electron chi connectivity index (χ1n) is 10.2. The average Bonchev–Trinajstić information content (AvgIpc) is 3.43. The molecule has 9 heteroatoms. The molecular formula is C21H25N3O4S2. The Labute approximate surface area is 180 Å². The molecular weight excluding hydrogens is 422 g/mol. The van der Waals surface area contributed by atoms with E-state index >= 15 is 0 Å². The molecule has 1 saturated heterocycles. The first-order chi connectivity index (χ1) is 14.4.